The monoisotopic (exact) mass is 346 g/mol. The Morgan fingerprint density at radius 1 is 1.38 bits per heavy atom. The minimum absolute atomic E-state index is 0.115. The molecule has 1 aliphatic carbocycles. The highest BCUT2D eigenvalue weighted by Gasteiger charge is 2.43. The molecule has 2 fully saturated rings. The first-order chi connectivity index (χ1) is 11.2. The van der Waals surface area contributed by atoms with Gasteiger partial charge < -0.3 is 10.4 Å². The second-order valence-electron chi connectivity index (χ2n) is 6.33. The molecular weight excluding hydrogens is 329 g/mol. The van der Waals surface area contributed by atoms with E-state index in [0.29, 0.717) is 25.1 Å². The largest absolute Gasteiger partial charge is 0.480 e. The highest BCUT2D eigenvalue weighted by molar-refractivity contribution is 5.92. The SMILES string of the molecule is O=C(O)CN1C[C@H](NC(=O)c2cc(C(F)(F)F)[nH]n2)[C@@H](C2CC2)C1. The fourth-order valence-electron chi connectivity index (χ4n) is 3.21. The molecule has 1 aliphatic heterocycles. The summed E-state index contributed by atoms with van der Waals surface area (Å²) in [6.45, 7) is 0.822. The summed E-state index contributed by atoms with van der Waals surface area (Å²) in [7, 11) is 0. The van der Waals surface area contributed by atoms with Crippen LogP contribution in [0.2, 0.25) is 0 Å². The average Bonchev–Trinajstić information content (AvgIpc) is 3.03. The lowest BCUT2D eigenvalue weighted by Crippen LogP contribution is -2.41. The van der Waals surface area contributed by atoms with Crippen LogP contribution >= 0.6 is 0 Å². The summed E-state index contributed by atoms with van der Waals surface area (Å²) >= 11 is 0. The quantitative estimate of drug-likeness (QED) is 0.737. The zero-order valence-corrected chi connectivity index (χ0v) is 12.6. The van der Waals surface area contributed by atoms with E-state index in [2.05, 4.69) is 10.4 Å². The number of H-pyrrole nitrogens is 1. The predicted octanol–water partition coefficient (Wildman–Crippen LogP) is 0.953. The molecule has 1 aromatic rings. The lowest BCUT2D eigenvalue weighted by atomic mass is 9.98. The van der Waals surface area contributed by atoms with E-state index in [1.165, 1.54) is 0 Å². The van der Waals surface area contributed by atoms with Crippen molar-refractivity contribution >= 4 is 11.9 Å². The maximum atomic E-state index is 12.6. The van der Waals surface area contributed by atoms with Gasteiger partial charge in [-0.1, -0.05) is 0 Å². The van der Waals surface area contributed by atoms with Crippen LogP contribution in [0.15, 0.2) is 6.07 Å². The molecule has 2 atom stereocenters. The van der Waals surface area contributed by atoms with Crippen molar-refractivity contribution in [1.82, 2.24) is 20.4 Å². The molecule has 7 nitrogen and oxygen atoms in total. The molecule has 24 heavy (non-hydrogen) atoms. The Morgan fingerprint density at radius 3 is 2.62 bits per heavy atom. The number of aliphatic carboxylic acids is 1. The van der Waals surface area contributed by atoms with E-state index in [1.54, 1.807) is 4.90 Å². The number of carboxylic acids is 1. The zero-order valence-electron chi connectivity index (χ0n) is 12.6. The van der Waals surface area contributed by atoms with Gasteiger partial charge in [0.25, 0.3) is 5.91 Å². The summed E-state index contributed by atoms with van der Waals surface area (Å²) in [4.78, 5) is 24.7. The number of carbonyl (C=O) groups is 2. The van der Waals surface area contributed by atoms with Crippen molar-refractivity contribution in [2.75, 3.05) is 19.6 Å². The van der Waals surface area contributed by atoms with Gasteiger partial charge in [-0.05, 0) is 24.7 Å². The second-order valence-corrected chi connectivity index (χ2v) is 6.33. The van der Waals surface area contributed by atoms with Crippen molar-refractivity contribution in [2.45, 2.75) is 25.1 Å². The summed E-state index contributed by atoms with van der Waals surface area (Å²) in [5.74, 6) is -1.08. The van der Waals surface area contributed by atoms with Gasteiger partial charge in [0, 0.05) is 25.2 Å². The molecule has 3 rings (SSSR count). The number of rotatable bonds is 5. The van der Waals surface area contributed by atoms with Crippen LogP contribution in [-0.2, 0) is 11.0 Å². The molecule has 1 saturated carbocycles. The van der Waals surface area contributed by atoms with Gasteiger partial charge in [-0.2, -0.15) is 18.3 Å². The first-order valence-corrected chi connectivity index (χ1v) is 7.61. The van der Waals surface area contributed by atoms with Gasteiger partial charge in [0.1, 0.15) is 5.69 Å². The molecule has 1 saturated heterocycles. The topological polar surface area (TPSA) is 98.3 Å². The summed E-state index contributed by atoms with van der Waals surface area (Å²) in [6, 6.07) is 0.390. The summed E-state index contributed by atoms with van der Waals surface area (Å²) in [5, 5.41) is 16.8. The average molecular weight is 346 g/mol. The van der Waals surface area contributed by atoms with Gasteiger partial charge >= 0.3 is 12.1 Å². The van der Waals surface area contributed by atoms with Crippen molar-refractivity contribution < 1.29 is 27.9 Å². The van der Waals surface area contributed by atoms with Crippen molar-refractivity contribution in [3.63, 3.8) is 0 Å². The number of hydrogen-bond donors (Lipinski definition) is 3. The fourth-order valence-corrected chi connectivity index (χ4v) is 3.21. The number of carbonyl (C=O) groups excluding carboxylic acids is 1. The molecule has 0 spiro atoms. The minimum Gasteiger partial charge on any atom is -0.480 e. The molecule has 0 radical (unpaired) electrons. The number of amides is 1. The lowest BCUT2D eigenvalue weighted by Gasteiger charge is -2.18. The number of hydrogen-bond acceptors (Lipinski definition) is 4. The number of aromatic amines is 1. The normalized spacial score (nSPS) is 25.0. The number of nitrogens with one attached hydrogen (secondary N) is 2. The molecule has 2 heterocycles. The van der Waals surface area contributed by atoms with E-state index in [9.17, 15) is 22.8 Å². The summed E-state index contributed by atoms with van der Waals surface area (Å²) in [6.07, 6.45) is -2.54. The zero-order chi connectivity index (χ0) is 17.5. The Labute approximate surface area is 135 Å². The van der Waals surface area contributed by atoms with Crippen molar-refractivity contribution in [2.24, 2.45) is 11.8 Å². The first kappa shape index (κ1) is 16.7. The number of alkyl halides is 3. The van der Waals surface area contributed by atoms with E-state index in [-0.39, 0.29) is 24.2 Å². The van der Waals surface area contributed by atoms with Gasteiger partial charge in [-0.3, -0.25) is 19.6 Å². The van der Waals surface area contributed by atoms with E-state index >= 15 is 0 Å². The van der Waals surface area contributed by atoms with E-state index in [4.69, 9.17) is 5.11 Å². The first-order valence-electron chi connectivity index (χ1n) is 7.61. The Bertz CT molecular complexity index is 641. The van der Waals surface area contributed by atoms with E-state index < -0.39 is 23.7 Å². The van der Waals surface area contributed by atoms with E-state index in [1.807, 2.05) is 5.10 Å². The van der Waals surface area contributed by atoms with Crippen LogP contribution in [0.4, 0.5) is 13.2 Å². The van der Waals surface area contributed by atoms with Gasteiger partial charge in [0.2, 0.25) is 0 Å². The third-order valence-corrected chi connectivity index (χ3v) is 4.46. The Hall–Kier alpha value is -2.10. The number of nitrogens with zero attached hydrogens (tertiary/aromatic N) is 2. The standard InChI is InChI=1S/C14H17F3N4O3/c15-14(16,17)11-3-9(19-20-11)13(24)18-10-5-21(6-12(22)23)4-8(10)7-1-2-7/h3,7-8,10H,1-2,4-6H2,(H,18,24)(H,19,20)(H,22,23)/t8-,10+/m1/s1. The smallest absolute Gasteiger partial charge is 0.432 e. The molecule has 1 aromatic heterocycles. The lowest BCUT2D eigenvalue weighted by molar-refractivity contribution is -0.141. The third-order valence-electron chi connectivity index (χ3n) is 4.46. The van der Waals surface area contributed by atoms with Crippen LogP contribution in [-0.4, -0.2) is 57.8 Å². The van der Waals surface area contributed by atoms with Crippen LogP contribution in [0.1, 0.15) is 29.0 Å². The highest BCUT2D eigenvalue weighted by atomic mass is 19.4. The summed E-state index contributed by atoms with van der Waals surface area (Å²) in [5.41, 5.74) is -1.40. The highest BCUT2D eigenvalue weighted by Crippen LogP contribution is 2.41. The summed E-state index contributed by atoms with van der Waals surface area (Å²) < 4.78 is 37.7. The molecule has 132 valence electrons. The van der Waals surface area contributed by atoms with Crippen LogP contribution in [0.5, 0.6) is 0 Å². The number of carboxylic acid groups (broad SMARTS) is 1. The van der Waals surface area contributed by atoms with Crippen molar-refractivity contribution in [3.05, 3.63) is 17.5 Å². The fraction of sp³-hybridized carbons (Fsp3) is 0.643. The molecule has 1 amide bonds. The maximum absolute atomic E-state index is 12.6. The molecule has 2 aliphatic rings. The molecule has 0 aromatic carbocycles. The van der Waals surface area contributed by atoms with Crippen LogP contribution in [0.3, 0.4) is 0 Å². The molecule has 0 bridgehead atoms. The number of halogens is 3. The maximum Gasteiger partial charge on any atom is 0.432 e. The minimum atomic E-state index is -4.59. The number of aromatic nitrogens is 2. The number of likely N-dealkylation sites (tertiary alicyclic amines) is 1. The van der Waals surface area contributed by atoms with Gasteiger partial charge in [0.15, 0.2) is 5.69 Å². The van der Waals surface area contributed by atoms with Gasteiger partial charge in [0.05, 0.1) is 6.54 Å². The van der Waals surface area contributed by atoms with Gasteiger partial charge in [-0.15, -0.1) is 0 Å². The molecule has 10 heteroatoms. The van der Waals surface area contributed by atoms with Crippen molar-refractivity contribution in [1.29, 1.82) is 0 Å². The Morgan fingerprint density at radius 2 is 2.08 bits per heavy atom. The predicted molar refractivity (Wildman–Crippen MR) is 75.1 cm³/mol. The molecule has 3 N–H and O–H groups in total. The molecule has 0 unspecified atom stereocenters. The van der Waals surface area contributed by atoms with E-state index in [0.717, 1.165) is 12.8 Å². The van der Waals surface area contributed by atoms with Gasteiger partial charge in [-0.25, -0.2) is 0 Å². The Kier molecular flexibility index (Phi) is 4.24. The van der Waals surface area contributed by atoms with Crippen LogP contribution in [0, 0.1) is 11.8 Å². The Balaban J connectivity index is 1.66. The van der Waals surface area contributed by atoms with Crippen molar-refractivity contribution in [3.8, 4) is 0 Å². The molecular formula is C14H17F3N4O3. The van der Waals surface area contributed by atoms with Crippen LogP contribution < -0.4 is 5.32 Å². The second kappa shape index (κ2) is 6.08. The van der Waals surface area contributed by atoms with Crippen LogP contribution in [0.25, 0.3) is 0 Å². The third kappa shape index (κ3) is 3.69.